The van der Waals surface area contributed by atoms with Crippen LogP contribution in [0.3, 0.4) is 0 Å². The van der Waals surface area contributed by atoms with E-state index in [0.717, 1.165) is 6.07 Å². The van der Waals surface area contributed by atoms with Crippen LogP contribution in [0.5, 0.6) is 0 Å². The monoisotopic (exact) mass is 436 g/mol. The van der Waals surface area contributed by atoms with Crippen molar-refractivity contribution in [2.45, 2.75) is 24.9 Å². The first-order valence-corrected chi connectivity index (χ1v) is 9.47. The number of alkyl halides is 3. The molecule has 0 aliphatic carbocycles. The lowest BCUT2D eigenvalue weighted by Crippen LogP contribution is -2.38. The molecule has 4 N–H and O–H groups in total. The Labute approximate surface area is 175 Å². The highest BCUT2D eigenvalue weighted by molar-refractivity contribution is 6.02. The Morgan fingerprint density at radius 1 is 1.03 bits per heavy atom. The molecule has 0 saturated carbocycles. The van der Waals surface area contributed by atoms with Crippen LogP contribution in [0, 0.1) is 5.82 Å². The van der Waals surface area contributed by atoms with E-state index in [4.69, 9.17) is 11.5 Å². The van der Waals surface area contributed by atoms with Crippen molar-refractivity contribution in [1.29, 1.82) is 0 Å². The number of nitrogens with zero attached hydrogens (tertiary/aromatic N) is 2. The van der Waals surface area contributed by atoms with Crippen LogP contribution in [0.15, 0.2) is 47.5 Å². The molecule has 10 heteroatoms. The van der Waals surface area contributed by atoms with E-state index in [0.29, 0.717) is 0 Å². The highest BCUT2D eigenvalue weighted by atomic mass is 19.4. The van der Waals surface area contributed by atoms with Crippen molar-refractivity contribution in [3.63, 3.8) is 0 Å². The van der Waals surface area contributed by atoms with Crippen molar-refractivity contribution >= 4 is 17.8 Å². The standard InChI is InChI=1S/C21H20F4N4O2/c22-17-4-2-1-3-15(17)19(31)29-9-7-12(8-10-29)14-6-5-13(18(30)28-20(26)27)11-16(14)21(23,24)25/h1-6,11-12H,7-10H2,(H4,26,27,28,30). The summed E-state index contributed by atoms with van der Waals surface area (Å²) >= 11 is 0. The summed E-state index contributed by atoms with van der Waals surface area (Å²) in [5, 5.41) is 0. The van der Waals surface area contributed by atoms with Gasteiger partial charge in [0.2, 0.25) is 0 Å². The van der Waals surface area contributed by atoms with Crippen molar-refractivity contribution in [3.05, 3.63) is 70.5 Å². The number of rotatable bonds is 3. The van der Waals surface area contributed by atoms with Gasteiger partial charge in [0.25, 0.3) is 11.8 Å². The normalized spacial score (nSPS) is 14.9. The Hall–Kier alpha value is -3.43. The second-order valence-corrected chi connectivity index (χ2v) is 7.19. The summed E-state index contributed by atoms with van der Waals surface area (Å²) in [4.78, 5) is 29.1. The molecule has 2 amide bonds. The van der Waals surface area contributed by atoms with E-state index in [1.165, 1.54) is 35.2 Å². The second kappa shape index (κ2) is 8.75. The zero-order valence-corrected chi connectivity index (χ0v) is 16.3. The molecule has 1 aliphatic heterocycles. The molecule has 2 aromatic rings. The van der Waals surface area contributed by atoms with Crippen molar-refractivity contribution in [1.82, 2.24) is 4.90 Å². The largest absolute Gasteiger partial charge is 0.416 e. The Bertz CT molecular complexity index is 1020. The number of carbonyl (C=O) groups is 2. The lowest BCUT2D eigenvalue weighted by atomic mass is 9.85. The quantitative estimate of drug-likeness (QED) is 0.438. The number of likely N-dealkylation sites (tertiary alicyclic amines) is 1. The van der Waals surface area contributed by atoms with Crippen LogP contribution in [0.1, 0.15) is 50.6 Å². The third-order valence-corrected chi connectivity index (χ3v) is 5.16. The molecule has 1 saturated heterocycles. The first-order chi connectivity index (χ1) is 14.6. The fraction of sp³-hybridized carbons (Fsp3) is 0.286. The van der Waals surface area contributed by atoms with Crippen LogP contribution in [0.4, 0.5) is 17.6 Å². The van der Waals surface area contributed by atoms with Crippen LogP contribution in [0.2, 0.25) is 0 Å². The molecule has 31 heavy (non-hydrogen) atoms. The van der Waals surface area contributed by atoms with Gasteiger partial charge in [0.15, 0.2) is 5.96 Å². The van der Waals surface area contributed by atoms with E-state index in [9.17, 15) is 27.2 Å². The van der Waals surface area contributed by atoms with Crippen LogP contribution in [-0.4, -0.2) is 35.8 Å². The third kappa shape index (κ3) is 5.01. The minimum Gasteiger partial charge on any atom is -0.370 e. The number of hydrogen-bond donors (Lipinski definition) is 2. The van der Waals surface area contributed by atoms with E-state index in [-0.39, 0.29) is 42.6 Å². The highest BCUT2D eigenvalue weighted by Gasteiger charge is 2.37. The van der Waals surface area contributed by atoms with Gasteiger partial charge >= 0.3 is 6.18 Å². The summed E-state index contributed by atoms with van der Waals surface area (Å²) in [6.07, 6.45) is -4.15. The molecule has 6 nitrogen and oxygen atoms in total. The first-order valence-electron chi connectivity index (χ1n) is 9.47. The summed E-state index contributed by atoms with van der Waals surface area (Å²) in [7, 11) is 0. The molecule has 2 aromatic carbocycles. The number of hydrogen-bond acceptors (Lipinski definition) is 2. The maximum Gasteiger partial charge on any atom is 0.416 e. The lowest BCUT2D eigenvalue weighted by molar-refractivity contribution is -0.138. The van der Waals surface area contributed by atoms with Gasteiger partial charge < -0.3 is 16.4 Å². The van der Waals surface area contributed by atoms with Gasteiger partial charge in [-0.1, -0.05) is 18.2 Å². The number of amides is 2. The Kier molecular flexibility index (Phi) is 6.28. The number of benzene rings is 2. The molecule has 0 atom stereocenters. The van der Waals surface area contributed by atoms with Gasteiger partial charge in [0, 0.05) is 18.7 Å². The Morgan fingerprint density at radius 3 is 2.26 bits per heavy atom. The average Bonchev–Trinajstić information content (AvgIpc) is 2.72. The van der Waals surface area contributed by atoms with Crippen molar-refractivity contribution in [3.8, 4) is 0 Å². The van der Waals surface area contributed by atoms with Crippen molar-refractivity contribution in [2.24, 2.45) is 16.5 Å². The molecular weight excluding hydrogens is 416 g/mol. The summed E-state index contributed by atoms with van der Waals surface area (Å²) < 4.78 is 54.9. The molecule has 0 bridgehead atoms. The van der Waals surface area contributed by atoms with Gasteiger partial charge in [0.1, 0.15) is 5.82 Å². The summed E-state index contributed by atoms with van der Waals surface area (Å²) in [6.45, 7) is 0.369. The fourth-order valence-corrected chi connectivity index (χ4v) is 3.67. The number of halogens is 4. The number of aliphatic imine (C=N–C) groups is 1. The number of carbonyl (C=O) groups excluding carboxylic acids is 2. The minimum absolute atomic E-state index is 0.0340. The van der Waals surface area contributed by atoms with Gasteiger partial charge in [-0.2, -0.15) is 18.2 Å². The predicted octanol–water partition coefficient (Wildman–Crippen LogP) is 3.28. The van der Waals surface area contributed by atoms with Gasteiger partial charge in [-0.25, -0.2) is 4.39 Å². The van der Waals surface area contributed by atoms with E-state index in [1.807, 2.05) is 0 Å². The van der Waals surface area contributed by atoms with Gasteiger partial charge in [-0.05, 0) is 48.6 Å². The highest BCUT2D eigenvalue weighted by Crippen LogP contribution is 2.39. The van der Waals surface area contributed by atoms with Gasteiger partial charge in [-0.3, -0.25) is 9.59 Å². The molecule has 3 rings (SSSR count). The Balaban J connectivity index is 1.81. The third-order valence-electron chi connectivity index (χ3n) is 5.16. The number of nitrogens with two attached hydrogens (primary N) is 2. The molecular formula is C21H20F4N4O2. The first kappa shape index (κ1) is 22.3. The zero-order valence-electron chi connectivity index (χ0n) is 16.3. The van der Waals surface area contributed by atoms with Crippen LogP contribution in [-0.2, 0) is 6.18 Å². The topological polar surface area (TPSA) is 102 Å². The van der Waals surface area contributed by atoms with Crippen molar-refractivity contribution in [2.75, 3.05) is 13.1 Å². The van der Waals surface area contributed by atoms with Gasteiger partial charge in [-0.15, -0.1) is 0 Å². The molecule has 1 fully saturated rings. The molecule has 0 aromatic heterocycles. The van der Waals surface area contributed by atoms with E-state index < -0.39 is 41.2 Å². The van der Waals surface area contributed by atoms with E-state index in [1.54, 1.807) is 6.07 Å². The van der Waals surface area contributed by atoms with Crippen LogP contribution in [0.25, 0.3) is 0 Å². The maximum absolute atomic E-state index is 13.9. The summed E-state index contributed by atoms with van der Waals surface area (Å²) in [5.74, 6) is -3.13. The lowest BCUT2D eigenvalue weighted by Gasteiger charge is -2.33. The zero-order chi connectivity index (χ0) is 22.8. The van der Waals surface area contributed by atoms with Crippen LogP contribution >= 0.6 is 0 Å². The maximum atomic E-state index is 13.9. The summed E-state index contributed by atoms with van der Waals surface area (Å²) in [5.41, 5.74) is 8.98. The van der Waals surface area contributed by atoms with Crippen LogP contribution < -0.4 is 11.5 Å². The average molecular weight is 436 g/mol. The van der Waals surface area contributed by atoms with E-state index >= 15 is 0 Å². The summed E-state index contributed by atoms with van der Waals surface area (Å²) in [6, 6.07) is 8.80. The molecule has 0 unspecified atom stereocenters. The molecule has 0 spiro atoms. The Morgan fingerprint density at radius 2 is 1.68 bits per heavy atom. The van der Waals surface area contributed by atoms with E-state index in [2.05, 4.69) is 4.99 Å². The predicted molar refractivity (Wildman–Crippen MR) is 106 cm³/mol. The molecule has 1 heterocycles. The van der Waals surface area contributed by atoms with Crippen molar-refractivity contribution < 1.29 is 27.2 Å². The fourth-order valence-electron chi connectivity index (χ4n) is 3.67. The molecule has 0 radical (unpaired) electrons. The van der Waals surface area contributed by atoms with Gasteiger partial charge in [0.05, 0.1) is 11.1 Å². The smallest absolute Gasteiger partial charge is 0.370 e. The SMILES string of the molecule is NC(N)=NC(=O)c1ccc(C2CCN(C(=O)c3ccccc3F)CC2)c(C(F)(F)F)c1. The second-order valence-electron chi connectivity index (χ2n) is 7.19. The molecule has 164 valence electrons. The number of piperidine rings is 1. The minimum atomic E-state index is -4.69. The number of guanidine groups is 1. The molecule has 1 aliphatic rings.